The molecule has 0 aliphatic rings. The fourth-order valence-corrected chi connectivity index (χ4v) is 1.75. The number of nitrogens with one attached hydrogen (secondary N) is 2. The molecule has 0 saturated heterocycles. The fourth-order valence-electron chi connectivity index (χ4n) is 1.75. The largest absolute Gasteiger partial charge is 0.467 e. The maximum absolute atomic E-state index is 11.2. The topological polar surface area (TPSA) is 132 Å². The standard InChI is InChI=1S/C13H18N6O3/c1-3-8(2)16-13-17-11(14)10(19(20)21)12(18-13)15-7-9-5-4-6-22-9/h4-6,8H,3,7H2,1-2H3,(H4,14,15,16,17,18)/t8-/m0/s1. The van der Waals surface area contributed by atoms with Crippen molar-refractivity contribution in [1.29, 1.82) is 0 Å². The van der Waals surface area contributed by atoms with Gasteiger partial charge in [-0.05, 0) is 25.5 Å². The summed E-state index contributed by atoms with van der Waals surface area (Å²) >= 11 is 0. The number of aromatic nitrogens is 2. The molecule has 1 atom stereocenters. The quantitative estimate of drug-likeness (QED) is 0.524. The number of furan rings is 1. The van der Waals surface area contributed by atoms with E-state index < -0.39 is 4.92 Å². The number of nitrogens with two attached hydrogens (primary N) is 1. The van der Waals surface area contributed by atoms with E-state index in [0.29, 0.717) is 5.76 Å². The Morgan fingerprint density at radius 2 is 2.27 bits per heavy atom. The van der Waals surface area contributed by atoms with Gasteiger partial charge in [-0.2, -0.15) is 9.97 Å². The zero-order valence-electron chi connectivity index (χ0n) is 12.4. The average molecular weight is 306 g/mol. The Kier molecular flexibility index (Phi) is 4.77. The lowest BCUT2D eigenvalue weighted by molar-refractivity contribution is -0.383. The van der Waals surface area contributed by atoms with Crippen molar-refractivity contribution in [3.8, 4) is 0 Å². The molecule has 0 amide bonds. The first-order valence-electron chi connectivity index (χ1n) is 6.86. The predicted molar refractivity (Wildman–Crippen MR) is 82.5 cm³/mol. The van der Waals surface area contributed by atoms with Gasteiger partial charge in [0.05, 0.1) is 17.7 Å². The summed E-state index contributed by atoms with van der Waals surface area (Å²) in [6.07, 6.45) is 2.38. The van der Waals surface area contributed by atoms with E-state index in [2.05, 4.69) is 20.6 Å². The molecular weight excluding hydrogens is 288 g/mol. The molecule has 2 aromatic rings. The van der Waals surface area contributed by atoms with Crippen molar-refractivity contribution in [3.05, 3.63) is 34.3 Å². The Balaban J connectivity index is 2.28. The summed E-state index contributed by atoms with van der Waals surface area (Å²) in [6, 6.07) is 3.61. The van der Waals surface area contributed by atoms with E-state index in [-0.39, 0.29) is 35.9 Å². The minimum Gasteiger partial charge on any atom is -0.467 e. The number of hydrogen-bond acceptors (Lipinski definition) is 8. The second kappa shape index (κ2) is 6.74. The molecular formula is C13H18N6O3. The van der Waals surface area contributed by atoms with Gasteiger partial charge in [-0.1, -0.05) is 6.92 Å². The van der Waals surface area contributed by atoms with Gasteiger partial charge < -0.3 is 20.8 Å². The molecule has 0 fully saturated rings. The highest BCUT2D eigenvalue weighted by molar-refractivity contribution is 5.69. The van der Waals surface area contributed by atoms with Gasteiger partial charge >= 0.3 is 5.69 Å². The Morgan fingerprint density at radius 3 is 2.86 bits per heavy atom. The number of rotatable bonds is 7. The minimum absolute atomic E-state index is 0.0553. The molecule has 0 aliphatic carbocycles. The van der Waals surface area contributed by atoms with Crippen LogP contribution in [0.1, 0.15) is 26.0 Å². The summed E-state index contributed by atoms with van der Waals surface area (Å²) in [5, 5.41) is 17.1. The van der Waals surface area contributed by atoms with Crippen LogP contribution in [0.5, 0.6) is 0 Å². The van der Waals surface area contributed by atoms with Crippen molar-refractivity contribution in [3.63, 3.8) is 0 Å². The Morgan fingerprint density at radius 1 is 1.50 bits per heavy atom. The smallest absolute Gasteiger partial charge is 0.353 e. The van der Waals surface area contributed by atoms with E-state index in [9.17, 15) is 10.1 Å². The molecule has 0 saturated carbocycles. The molecule has 0 unspecified atom stereocenters. The molecule has 4 N–H and O–H groups in total. The molecule has 9 heteroatoms. The molecule has 22 heavy (non-hydrogen) atoms. The fraction of sp³-hybridized carbons (Fsp3) is 0.385. The SMILES string of the molecule is CC[C@H](C)Nc1nc(N)c([N+](=O)[O-])c(NCc2ccco2)n1. The van der Waals surface area contributed by atoms with Crippen molar-refractivity contribution in [2.45, 2.75) is 32.9 Å². The van der Waals surface area contributed by atoms with Gasteiger partial charge in [0, 0.05) is 6.04 Å². The number of nitrogens with zero attached hydrogens (tertiary/aromatic N) is 3. The van der Waals surface area contributed by atoms with Gasteiger partial charge in [-0.25, -0.2) is 0 Å². The van der Waals surface area contributed by atoms with E-state index in [1.807, 2.05) is 13.8 Å². The molecule has 0 spiro atoms. The van der Waals surface area contributed by atoms with Crippen LogP contribution in [0, 0.1) is 10.1 Å². The first-order chi connectivity index (χ1) is 10.5. The highest BCUT2D eigenvalue weighted by Crippen LogP contribution is 2.29. The predicted octanol–water partition coefficient (Wildman–Crippen LogP) is 2.38. The maximum Gasteiger partial charge on any atom is 0.353 e. The third-order valence-electron chi connectivity index (χ3n) is 3.09. The summed E-state index contributed by atoms with van der Waals surface area (Å²) in [4.78, 5) is 18.6. The zero-order chi connectivity index (χ0) is 16.1. The molecule has 2 rings (SSSR count). The number of nitrogen functional groups attached to an aromatic ring is 1. The number of anilines is 3. The second-order valence-electron chi connectivity index (χ2n) is 4.77. The highest BCUT2D eigenvalue weighted by atomic mass is 16.6. The van der Waals surface area contributed by atoms with Gasteiger partial charge in [-0.3, -0.25) is 10.1 Å². The summed E-state index contributed by atoms with van der Waals surface area (Å²) in [7, 11) is 0. The van der Waals surface area contributed by atoms with Crippen molar-refractivity contribution in [1.82, 2.24) is 9.97 Å². The van der Waals surface area contributed by atoms with Crippen LogP contribution in [0.2, 0.25) is 0 Å². The highest BCUT2D eigenvalue weighted by Gasteiger charge is 2.23. The van der Waals surface area contributed by atoms with Crippen molar-refractivity contribution < 1.29 is 9.34 Å². The summed E-state index contributed by atoms with van der Waals surface area (Å²) < 4.78 is 5.18. The molecule has 118 valence electrons. The van der Waals surface area contributed by atoms with Gasteiger partial charge in [0.25, 0.3) is 0 Å². The van der Waals surface area contributed by atoms with Gasteiger partial charge in [0.15, 0.2) is 0 Å². The zero-order valence-corrected chi connectivity index (χ0v) is 12.4. The second-order valence-corrected chi connectivity index (χ2v) is 4.77. The molecule has 2 aromatic heterocycles. The Bertz CT molecular complexity index is 643. The summed E-state index contributed by atoms with van der Waals surface area (Å²) in [6.45, 7) is 4.21. The number of nitro groups is 1. The molecule has 2 heterocycles. The van der Waals surface area contributed by atoms with Crippen molar-refractivity contribution in [2.75, 3.05) is 16.4 Å². The van der Waals surface area contributed by atoms with Gasteiger partial charge in [-0.15, -0.1) is 0 Å². The molecule has 0 bridgehead atoms. The van der Waals surface area contributed by atoms with Crippen molar-refractivity contribution in [2.24, 2.45) is 0 Å². The Labute approximate surface area is 127 Å². The first kappa shape index (κ1) is 15.5. The van der Waals surface area contributed by atoms with E-state index in [4.69, 9.17) is 10.2 Å². The number of hydrogen-bond donors (Lipinski definition) is 3. The summed E-state index contributed by atoms with van der Waals surface area (Å²) in [5.41, 5.74) is 5.35. The lowest BCUT2D eigenvalue weighted by Gasteiger charge is -2.13. The minimum atomic E-state index is -0.604. The van der Waals surface area contributed by atoms with Crippen LogP contribution in [0.4, 0.5) is 23.3 Å². The average Bonchev–Trinajstić information content (AvgIpc) is 2.97. The van der Waals surface area contributed by atoms with E-state index >= 15 is 0 Å². The molecule has 0 radical (unpaired) electrons. The monoisotopic (exact) mass is 306 g/mol. The van der Waals surface area contributed by atoms with E-state index in [0.717, 1.165) is 6.42 Å². The van der Waals surface area contributed by atoms with E-state index in [1.54, 1.807) is 12.1 Å². The summed E-state index contributed by atoms with van der Waals surface area (Å²) in [5.74, 6) is 0.745. The van der Waals surface area contributed by atoms with Crippen LogP contribution < -0.4 is 16.4 Å². The third-order valence-corrected chi connectivity index (χ3v) is 3.09. The lowest BCUT2D eigenvalue weighted by Crippen LogP contribution is -2.18. The van der Waals surface area contributed by atoms with Crippen LogP contribution in [0.3, 0.4) is 0 Å². The van der Waals surface area contributed by atoms with Crippen LogP contribution >= 0.6 is 0 Å². The molecule has 0 aliphatic heterocycles. The van der Waals surface area contributed by atoms with Crippen LogP contribution in [0.25, 0.3) is 0 Å². The molecule has 9 nitrogen and oxygen atoms in total. The van der Waals surface area contributed by atoms with Crippen LogP contribution in [-0.2, 0) is 6.54 Å². The molecule has 0 aromatic carbocycles. The van der Waals surface area contributed by atoms with E-state index in [1.165, 1.54) is 6.26 Å². The van der Waals surface area contributed by atoms with Crippen LogP contribution in [0.15, 0.2) is 22.8 Å². The van der Waals surface area contributed by atoms with Crippen LogP contribution in [-0.4, -0.2) is 20.9 Å². The lowest BCUT2D eigenvalue weighted by atomic mass is 10.3. The third kappa shape index (κ3) is 3.62. The normalized spacial score (nSPS) is 11.9. The van der Waals surface area contributed by atoms with Gasteiger partial charge in [0.2, 0.25) is 17.6 Å². The first-order valence-corrected chi connectivity index (χ1v) is 6.86. The maximum atomic E-state index is 11.2. The van der Waals surface area contributed by atoms with Gasteiger partial charge in [0.1, 0.15) is 5.76 Å². The Hall–Kier alpha value is -2.84. The van der Waals surface area contributed by atoms with Crippen molar-refractivity contribution >= 4 is 23.3 Å².